The number of hydrogen-bond donors (Lipinski definition) is 3. The molecule has 1 unspecified atom stereocenters. The fourth-order valence-corrected chi connectivity index (χ4v) is 4.12. The monoisotopic (exact) mass is 474 g/mol. The van der Waals surface area contributed by atoms with Crippen LogP contribution in [-0.2, 0) is 13.8 Å². The maximum atomic E-state index is 12.5. The molecule has 3 N–H and O–H groups in total. The maximum absolute atomic E-state index is 12.5. The number of hydrogen-bond acceptors (Lipinski definition) is 9. The topological polar surface area (TPSA) is 189 Å². The Balaban J connectivity index is 1.54. The van der Waals surface area contributed by atoms with Gasteiger partial charge in [0.25, 0.3) is 5.56 Å². The lowest BCUT2D eigenvalue weighted by Crippen LogP contribution is -2.44. The van der Waals surface area contributed by atoms with Crippen LogP contribution < -0.4 is 15.8 Å². The van der Waals surface area contributed by atoms with Crippen LogP contribution in [0.25, 0.3) is 21.2 Å². The molecule has 0 bridgehead atoms. The van der Waals surface area contributed by atoms with Gasteiger partial charge in [0.05, 0.1) is 0 Å². The van der Waals surface area contributed by atoms with Crippen molar-refractivity contribution in [2.45, 2.75) is 24.2 Å². The Hall–Kier alpha value is -3.57. The number of ether oxygens (including phenoxy) is 1. The molecule has 1 aromatic heterocycles. The summed E-state index contributed by atoms with van der Waals surface area (Å²) in [5, 5.41) is 25.8. The van der Waals surface area contributed by atoms with Crippen LogP contribution in [-0.4, -0.2) is 44.3 Å². The molecule has 171 valence electrons. The minimum atomic E-state index is -2.82. The van der Waals surface area contributed by atoms with Gasteiger partial charge in [0.15, 0.2) is 6.23 Å². The maximum Gasteiger partial charge on any atom is 0.429 e. The van der Waals surface area contributed by atoms with Crippen LogP contribution in [0.1, 0.15) is 6.23 Å². The summed E-state index contributed by atoms with van der Waals surface area (Å²) >= 11 is 0. The number of azide groups is 1. The first-order valence-electron chi connectivity index (χ1n) is 9.52. The third-order valence-corrected chi connectivity index (χ3v) is 5.73. The van der Waals surface area contributed by atoms with Gasteiger partial charge in [0, 0.05) is 22.6 Å². The molecule has 5 atom stereocenters. The number of nitrogens with one attached hydrogen (secondary N) is 1. The van der Waals surface area contributed by atoms with Gasteiger partial charge in [0.1, 0.15) is 24.6 Å². The summed E-state index contributed by atoms with van der Waals surface area (Å²) in [6.45, 7) is -0.774. The summed E-state index contributed by atoms with van der Waals surface area (Å²) in [4.78, 5) is 27.9. The highest BCUT2D eigenvalue weighted by Crippen LogP contribution is 2.41. The molecule has 1 aliphatic rings. The molecule has 1 radical (unpaired) electrons. The number of benzene rings is 2. The Labute approximate surface area is 185 Å². The van der Waals surface area contributed by atoms with Gasteiger partial charge in [-0.1, -0.05) is 41.5 Å². The van der Waals surface area contributed by atoms with Gasteiger partial charge in [-0.15, -0.1) is 0 Å². The second-order valence-electron chi connectivity index (χ2n) is 7.06. The van der Waals surface area contributed by atoms with Crippen molar-refractivity contribution >= 4 is 19.0 Å². The van der Waals surface area contributed by atoms with Crippen molar-refractivity contribution in [2.75, 3.05) is 6.61 Å². The highest BCUT2D eigenvalue weighted by Gasteiger charge is 2.55. The zero-order chi connectivity index (χ0) is 23.6. The van der Waals surface area contributed by atoms with Gasteiger partial charge in [-0.05, 0) is 17.0 Å². The Morgan fingerprint density at radius 3 is 2.73 bits per heavy atom. The molecule has 13 nitrogen and oxygen atoms in total. The average molecular weight is 474 g/mol. The first-order chi connectivity index (χ1) is 15.8. The Morgan fingerprint density at radius 2 is 1.97 bits per heavy atom. The summed E-state index contributed by atoms with van der Waals surface area (Å²) in [6, 6.07) is 13.4. The van der Waals surface area contributed by atoms with Gasteiger partial charge in [-0.3, -0.25) is 18.9 Å². The van der Waals surface area contributed by atoms with E-state index in [1.54, 1.807) is 24.3 Å². The zero-order valence-corrected chi connectivity index (χ0v) is 17.6. The van der Waals surface area contributed by atoms with Gasteiger partial charge < -0.3 is 19.5 Å². The van der Waals surface area contributed by atoms with E-state index in [1.807, 2.05) is 23.2 Å². The predicted molar refractivity (Wildman–Crippen MR) is 113 cm³/mol. The first-order valence-corrected chi connectivity index (χ1v) is 10.6. The molecule has 1 saturated heterocycles. The van der Waals surface area contributed by atoms with Gasteiger partial charge in [0.2, 0.25) is 5.72 Å². The van der Waals surface area contributed by atoms with Crippen LogP contribution in [0.4, 0.5) is 0 Å². The highest BCUT2D eigenvalue weighted by atomic mass is 31.1. The fourth-order valence-electron chi connectivity index (χ4n) is 3.45. The van der Waals surface area contributed by atoms with E-state index in [0.29, 0.717) is 5.39 Å². The molecule has 14 heteroatoms. The van der Waals surface area contributed by atoms with Crippen LogP contribution in [0, 0.1) is 0 Å². The molecule has 4 rings (SSSR count). The lowest BCUT2D eigenvalue weighted by Gasteiger charge is -2.25. The molecule has 0 saturated carbocycles. The van der Waals surface area contributed by atoms with Crippen LogP contribution in [0.5, 0.6) is 5.75 Å². The van der Waals surface area contributed by atoms with Crippen LogP contribution >= 0.6 is 8.25 Å². The van der Waals surface area contributed by atoms with E-state index in [4.69, 9.17) is 19.3 Å². The number of nitrogens with zero attached hydrogens (tertiary/aromatic N) is 4. The van der Waals surface area contributed by atoms with Gasteiger partial charge in [-0.25, -0.2) is 9.36 Å². The lowest BCUT2D eigenvalue weighted by molar-refractivity contribution is -0.120. The molecule has 3 aromatic rings. The quantitative estimate of drug-likeness (QED) is 0.199. The molecule has 0 aliphatic carbocycles. The number of aliphatic hydroxyl groups excluding tert-OH is 2. The standard InChI is InChI=1S/C19H17N5O8P/c20-23-22-19(16(27)15(26)17(31-19)24-9-8-14(25)21-18(24)28)10-30-33(29)32-13-7-3-5-11-4-1-2-6-12(11)13/h1-9,15-17,26-27H,10H2,(H,21,25,28)/t15-,16+,17-,19-/m1/s1. The average Bonchev–Trinajstić information content (AvgIpc) is 3.04. The highest BCUT2D eigenvalue weighted by molar-refractivity contribution is 7.33. The second-order valence-corrected chi connectivity index (χ2v) is 7.95. The molecule has 1 fully saturated rings. The summed E-state index contributed by atoms with van der Waals surface area (Å²) in [7, 11) is -2.82. The van der Waals surface area contributed by atoms with Crippen molar-refractivity contribution < 1.29 is 28.6 Å². The molecular weight excluding hydrogens is 457 g/mol. The van der Waals surface area contributed by atoms with Crippen molar-refractivity contribution in [1.29, 1.82) is 0 Å². The normalized spacial score (nSPS) is 24.9. The summed E-state index contributed by atoms with van der Waals surface area (Å²) in [5.41, 5.74) is 5.13. The van der Waals surface area contributed by atoms with E-state index < -0.39 is 50.3 Å². The van der Waals surface area contributed by atoms with Crippen molar-refractivity contribution in [3.63, 3.8) is 0 Å². The summed E-state index contributed by atoms with van der Waals surface area (Å²) < 4.78 is 29.3. The minimum absolute atomic E-state index is 0.276. The van der Waals surface area contributed by atoms with E-state index in [2.05, 4.69) is 10.0 Å². The van der Waals surface area contributed by atoms with Gasteiger partial charge in [-0.2, -0.15) is 0 Å². The Bertz CT molecular complexity index is 1360. The number of aromatic nitrogens is 2. The number of rotatable bonds is 7. The molecule has 2 aromatic carbocycles. The summed E-state index contributed by atoms with van der Waals surface area (Å²) in [5.74, 6) is 0.276. The number of aromatic amines is 1. The van der Waals surface area contributed by atoms with E-state index in [0.717, 1.165) is 22.2 Å². The molecule has 1 aliphatic heterocycles. The van der Waals surface area contributed by atoms with Crippen molar-refractivity contribution in [2.24, 2.45) is 5.11 Å². The van der Waals surface area contributed by atoms with Crippen molar-refractivity contribution in [3.05, 3.63) is 86.0 Å². The number of aliphatic hydroxyl groups is 2. The van der Waals surface area contributed by atoms with Gasteiger partial charge >= 0.3 is 13.9 Å². The van der Waals surface area contributed by atoms with E-state index in [1.165, 1.54) is 0 Å². The fraction of sp³-hybridized carbons (Fsp3) is 0.263. The molecule has 33 heavy (non-hydrogen) atoms. The van der Waals surface area contributed by atoms with E-state index in [-0.39, 0.29) is 5.75 Å². The lowest BCUT2D eigenvalue weighted by atomic mass is 10.1. The first kappa shape index (κ1) is 22.6. The largest absolute Gasteiger partial charge is 0.429 e. The van der Waals surface area contributed by atoms with Crippen LogP contribution in [0.15, 0.2) is 69.4 Å². The molecule has 0 spiro atoms. The van der Waals surface area contributed by atoms with Crippen LogP contribution in [0.3, 0.4) is 0 Å². The summed E-state index contributed by atoms with van der Waals surface area (Å²) in [6.07, 6.45) is -4.10. The molecule has 0 amide bonds. The SMILES string of the molecule is [N-]=[N+]=N[C@]1(CO[P](=O)Oc2cccc3ccccc23)O[C@@H](n2ccc(=O)[nH]c2=O)[C@H](O)[C@@H]1O. The van der Waals surface area contributed by atoms with Crippen molar-refractivity contribution in [1.82, 2.24) is 9.55 Å². The third-order valence-electron chi connectivity index (χ3n) is 5.04. The molecular formula is C19H17N5O8P. The van der Waals surface area contributed by atoms with E-state index >= 15 is 0 Å². The minimum Gasteiger partial charge on any atom is -0.397 e. The van der Waals surface area contributed by atoms with Crippen molar-refractivity contribution in [3.8, 4) is 5.75 Å². The number of fused-ring (bicyclic) bond motifs is 1. The smallest absolute Gasteiger partial charge is 0.397 e. The molecule has 2 heterocycles. The van der Waals surface area contributed by atoms with E-state index in [9.17, 15) is 24.4 Å². The number of H-pyrrole nitrogens is 1. The predicted octanol–water partition coefficient (Wildman–Crippen LogP) is 1.70. The second kappa shape index (κ2) is 9.12. The zero-order valence-electron chi connectivity index (χ0n) is 16.7. The third kappa shape index (κ3) is 4.37. The Kier molecular flexibility index (Phi) is 6.25. The van der Waals surface area contributed by atoms with Crippen LogP contribution in [0.2, 0.25) is 0 Å². The Morgan fingerprint density at radius 1 is 1.21 bits per heavy atom.